The maximum Gasteiger partial charge on any atom is 0.317 e. The number of carbonyl (C=O) groups is 1. The quantitative estimate of drug-likeness (QED) is 0.787. The Morgan fingerprint density at radius 3 is 2.42 bits per heavy atom. The highest BCUT2D eigenvalue weighted by Gasteiger charge is 2.23. The van der Waals surface area contributed by atoms with Crippen LogP contribution in [0.4, 0.5) is 0 Å². The summed E-state index contributed by atoms with van der Waals surface area (Å²) >= 11 is 6.01. The third-order valence-electron chi connectivity index (χ3n) is 2.84. The molecule has 0 aliphatic rings. The van der Waals surface area contributed by atoms with Crippen LogP contribution >= 0.6 is 11.6 Å². The Morgan fingerprint density at radius 1 is 1.11 bits per heavy atom. The Kier molecular flexibility index (Phi) is 4.58. The van der Waals surface area contributed by atoms with Crippen molar-refractivity contribution in [3.8, 4) is 0 Å². The molecule has 0 saturated carbocycles. The molecule has 2 aromatic rings. The minimum Gasteiger partial charge on any atom is -0.465 e. The number of rotatable bonds is 4. The highest BCUT2D eigenvalue weighted by atomic mass is 35.5. The van der Waals surface area contributed by atoms with Gasteiger partial charge in [-0.3, -0.25) is 4.79 Å². The molecule has 2 nitrogen and oxygen atoms in total. The monoisotopic (exact) mass is 274 g/mol. The van der Waals surface area contributed by atoms with Gasteiger partial charge in [0.25, 0.3) is 0 Å². The molecule has 3 heteroatoms. The normalized spacial score (nSPS) is 11.9. The van der Waals surface area contributed by atoms with E-state index in [1.54, 1.807) is 19.1 Å². The fourth-order valence-corrected chi connectivity index (χ4v) is 2.22. The van der Waals surface area contributed by atoms with E-state index in [9.17, 15) is 4.79 Å². The van der Waals surface area contributed by atoms with Gasteiger partial charge in [-0.15, -0.1) is 0 Å². The summed E-state index contributed by atoms with van der Waals surface area (Å²) in [6.07, 6.45) is 0. The van der Waals surface area contributed by atoms with Gasteiger partial charge in [0.1, 0.15) is 5.92 Å². The number of carbonyl (C=O) groups excluding carboxylic acids is 1. The molecule has 0 spiro atoms. The number of ether oxygens (including phenoxy) is 1. The molecule has 0 bridgehead atoms. The highest BCUT2D eigenvalue weighted by Crippen LogP contribution is 2.27. The van der Waals surface area contributed by atoms with E-state index < -0.39 is 5.92 Å². The fraction of sp³-hybridized carbons (Fsp3) is 0.188. The smallest absolute Gasteiger partial charge is 0.317 e. The largest absolute Gasteiger partial charge is 0.465 e. The molecule has 98 valence electrons. The van der Waals surface area contributed by atoms with Crippen molar-refractivity contribution in [1.82, 2.24) is 0 Å². The van der Waals surface area contributed by atoms with Crippen LogP contribution in [-0.2, 0) is 9.53 Å². The third kappa shape index (κ3) is 3.36. The van der Waals surface area contributed by atoms with Crippen LogP contribution < -0.4 is 0 Å². The van der Waals surface area contributed by atoms with Crippen LogP contribution in [0.15, 0.2) is 54.6 Å². The summed E-state index contributed by atoms with van der Waals surface area (Å²) in [4.78, 5) is 12.2. The van der Waals surface area contributed by atoms with Gasteiger partial charge in [-0.25, -0.2) is 0 Å². The number of hydrogen-bond donors (Lipinski definition) is 0. The zero-order valence-corrected chi connectivity index (χ0v) is 11.4. The lowest BCUT2D eigenvalue weighted by molar-refractivity contribution is -0.143. The van der Waals surface area contributed by atoms with Gasteiger partial charge in [-0.2, -0.15) is 0 Å². The highest BCUT2D eigenvalue weighted by molar-refractivity contribution is 6.30. The Hall–Kier alpha value is -1.80. The predicted octanol–water partition coefficient (Wildman–Crippen LogP) is 4.04. The summed E-state index contributed by atoms with van der Waals surface area (Å²) in [7, 11) is 0. The first-order valence-corrected chi connectivity index (χ1v) is 6.57. The molecule has 0 aliphatic heterocycles. The summed E-state index contributed by atoms with van der Waals surface area (Å²) in [6.45, 7) is 2.17. The minimum atomic E-state index is -0.431. The van der Waals surface area contributed by atoms with Crippen molar-refractivity contribution in [3.63, 3.8) is 0 Å². The van der Waals surface area contributed by atoms with E-state index in [2.05, 4.69) is 0 Å². The Bertz CT molecular complexity index is 552. The molecular formula is C16H15ClO2. The Balaban J connectivity index is 2.43. The number of esters is 1. The summed E-state index contributed by atoms with van der Waals surface area (Å²) in [6, 6.07) is 16.9. The van der Waals surface area contributed by atoms with Crippen LogP contribution in [-0.4, -0.2) is 12.6 Å². The minimum absolute atomic E-state index is 0.254. The van der Waals surface area contributed by atoms with Gasteiger partial charge in [0.2, 0.25) is 0 Å². The van der Waals surface area contributed by atoms with Gasteiger partial charge in [0, 0.05) is 5.02 Å². The summed E-state index contributed by atoms with van der Waals surface area (Å²) in [5.41, 5.74) is 1.75. The van der Waals surface area contributed by atoms with Crippen molar-refractivity contribution in [3.05, 3.63) is 70.7 Å². The first-order chi connectivity index (χ1) is 9.22. The first kappa shape index (κ1) is 13.6. The molecule has 0 aromatic heterocycles. The summed E-state index contributed by atoms with van der Waals surface area (Å²) < 4.78 is 5.17. The van der Waals surface area contributed by atoms with Gasteiger partial charge in [-0.05, 0) is 30.2 Å². The second-order valence-electron chi connectivity index (χ2n) is 4.15. The molecular weight excluding hydrogens is 260 g/mol. The molecule has 0 aliphatic carbocycles. The lowest BCUT2D eigenvalue weighted by Crippen LogP contribution is -2.17. The molecule has 2 aromatic carbocycles. The molecule has 0 N–H and O–H groups in total. The number of benzene rings is 2. The Morgan fingerprint density at radius 2 is 1.79 bits per heavy atom. The van der Waals surface area contributed by atoms with Gasteiger partial charge in [-0.1, -0.05) is 54.1 Å². The van der Waals surface area contributed by atoms with Crippen LogP contribution in [0.1, 0.15) is 24.0 Å². The van der Waals surface area contributed by atoms with E-state index in [4.69, 9.17) is 16.3 Å². The lowest BCUT2D eigenvalue weighted by Gasteiger charge is -2.16. The first-order valence-electron chi connectivity index (χ1n) is 6.19. The van der Waals surface area contributed by atoms with Crippen LogP contribution in [0.2, 0.25) is 5.02 Å². The molecule has 2 rings (SSSR count). The van der Waals surface area contributed by atoms with E-state index in [0.29, 0.717) is 11.6 Å². The predicted molar refractivity (Wildman–Crippen MR) is 76.4 cm³/mol. The average Bonchev–Trinajstić information content (AvgIpc) is 2.40. The SMILES string of the molecule is CCOC(=O)C(c1ccccc1)c1cccc(Cl)c1. The van der Waals surface area contributed by atoms with Gasteiger partial charge >= 0.3 is 5.97 Å². The van der Waals surface area contributed by atoms with Crippen molar-refractivity contribution < 1.29 is 9.53 Å². The maximum atomic E-state index is 12.2. The number of hydrogen-bond acceptors (Lipinski definition) is 2. The average molecular weight is 275 g/mol. The van der Waals surface area contributed by atoms with E-state index in [0.717, 1.165) is 11.1 Å². The second kappa shape index (κ2) is 6.39. The van der Waals surface area contributed by atoms with Crippen molar-refractivity contribution in [1.29, 1.82) is 0 Å². The molecule has 0 amide bonds. The van der Waals surface area contributed by atoms with E-state index in [1.165, 1.54) is 0 Å². The molecule has 0 fully saturated rings. The molecule has 0 radical (unpaired) electrons. The fourth-order valence-electron chi connectivity index (χ4n) is 2.02. The lowest BCUT2D eigenvalue weighted by atomic mass is 9.91. The molecule has 19 heavy (non-hydrogen) atoms. The topological polar surface area (TPSA) is 26.3 Å². The zero-order valence-electron chi connectivity index (χ0n) is 10.7. The van der Waals surface area contributed by atoms with Gasteiger partial charge < -0.3 is 4.74 Å². The van der Waals surface area contributed by atoms with Crippen LogP contribution in [0.3, 0.4) is 0 Å². The standard InChI is InChI=1S/C16H15ClO2/c1-2-19-16(18)15(12-7-4-3-5-8-12)13-9-6-10-14(17)11-13/h3-11,15H,2H2,1H3. The van der Waals surface area contributed by atoms with Crippen LogP contribution in [0, 0.1) is 0 Å². The van der Waals surface area contributed by atoms with Crippen molar-refractivity contribution in [2.75, 3.05) is 6.61 Å². The van der Waals surface area contributed by atoms with Gasteiger partial charge in [0.05, 0.1) is 6.61 Å². The van der Waals surface area contributed by atoms with E-state index >= 15 is 0 Å². The number of halogens is 1. The van der Waals surface area contributed by atoms with Crippen molar-refractivity contribution in [2.45, 2.75) is 12.8 Å². The van der Waals surface area contributed by atoms with Crippen molar-refractivity contribution in [2.24, 2.45) is 0 Å². The van der Waals surface area contributed by atoms with Crippen LogP contribution in [0.5, 0.6) is 0 Å². The Labute approximate surface area is 118 Å². The maximum absolute atomic E-state index is 12.2. The molecule has 1 unspecified atom stereocenters. The second-order valence-corrected chi connectivity index (χ2v) is 4.59. The van der Waals surface area contributed by atoms with Crippen molar-refractivity contribution >= 4 is 17.6 Å². The van der Waals surface area contributed by atoms with Gasteiger partial charge in [0.15, 0.2) is 0 Å². The summed E-state index contributed by atoms with van der Waals surface area (Å²) in [5, 5.41) is 0.614. The third-order valence-corrected chi connectivity index (χ3v) is 3.07. The van der Waals surface area contributed by atoms with Crippen LogP contribution in [0.25, 0.3) is 0 Å². The summed E-state index contributed by atoms with van der Waals surface area (Å²) in [5.74, 6) is -0.684. The zero-order chi connectivity index (χ0) is 13.7. The molecule has 0 heterocycles. The van der Waals surface area contributed by atoms with E-state index in [-0.39, 0.29) is 5.97 Å². The van der Waals surface area contributed by atoms with E-state index in [1.807, 2.05) is 42.5 Å². The molecule has 1 atom stereocenters. The molecule has 0 saturated heterocycles.